The van der Waals surface area contributed by atoms with Crippen LogP contribution in [-0.2, 0) is 22.5 Å². The van der Waals surface area contributed by atoms with Crippen molar-refractivity contribution in [3.63, 3.8) is 0 Å². The molecule has 8 nitrogen and oxygen atoms in total. The van der Waals surface area contributed by atoms with E-state index in [-0.39, 0.29) is 18.9 Å². The summed E-state index contributed by atoms with van der Waals surface area (Å²) in [5.74, 6) is -0.272. The maximum Gasteiger partial charge on any atom is 0.407 e. The molecule has 2 heterocycles. The first-order chi connectivity index (χ1) is 19.9. The van der Waals surface area contributed by atoms with Crippen LogP contribution < -0.4 is 10.7 Å². The number of rotatable bonds is 10. The van der Waals surface area contributed by atoms with Gasteiger partial charge in [-0.05, 0) is 41.3 Å². The monoisotopic (exact) mass is 569 g/mol. The highest BCUT2D eigenvalue weighted by molar-refractivity contribution is 6.30. The highest BCUT2D eigenvalue weighted by Gasteiger charge is 2.23. The molecular formula is C32H32ClN5O3. The molecular weight excluding hydrogens is 538 g/mol. The van der Waals surface area contributed by atoms with Gasteiger partial charge in [0.25, 0.3) is 5.91 Å². The molecule has 0 fully saturated rings. The van der Waals surface area contributed by atoms with E-state index < -0.39 is 18.0 Å². The fourth-order valence-electron chi connectivity index (χ4n) is 4.69. The van der Waals surface area contributed by atoms with Gasteiger partial charge in [-0.1, -0.05) is 74.0 Å². The van der Waals surface area contributed by atoms with Crippen LogP contribution in [0.1, 0.15) is 30.5 Å². The van der Waals surface area contributed by atoms with Crippen molar-refractivity contribution in [3.8, 4) is 0 Å². The van der Waals surface area contributed by atoms with Crippen molar-refractivity contribution in [2.24, 2.45) is 11.0 Å². The number of aromatic amines is 1. The van der Waals surface area contributed by atoms with Gasteiger partial charge in [-0.15, -0.1) is 0 Å². The van der Waals surface area contributed by atoms with Gasteiger partial charge in [0, 0.05) is 57.8 Å². The van der Waals surface area contributed by atoms with E-state index in [0.29, 0.717) is 11.6 Å². The van der Waals surface area contributed by atoms with Crippen LogP contribution in [0.25, 0.3) is 21.8 Å². The number of hydrazone groups is 1. The average molecular weight is 570 g/mol. The van der Waals surface area contributed by atoms with Gasteiger partial charge < -0.3 is 19.6 Å². The van der Waals surface area contributed by atoms with E-state index in [2.05, 4.69) is 25.4 Å². The Labute approximate surface area is 243 Å². The van der Waals surface area contributed by atoms with Crippen LogP contribution in [0.2, 0.25) is 5.02 Å². The van der Waals surface area contributed by atoms with E-state index in [1.54, 1.807) is 6.21 Å². The van der Waals surface area contributed by atoms with E-state index in [4.69, 9.17) is 16.3 Å². The zero-order chi connectivity index (χ0) is 28.8. The Morgan fingerprint density at radius 3 is 2.54 bits per heavy atom. The molecule has 0 aliphatic rings. The van der Waals surface area contributed by atoms with Crippen molar-refractivity contribution >= 4 is 51.6 Å². The third-order valence-electron chi connectivity index (χ3n) is 6.72. The number of nitrogens with zero attached hydrogens (tertiary/aromatic N) is 2. The summed E-state index contributed by atoms with van der Waals surface area (Å²) in [6, 6.07) is 22.7. The summed E-state index contributed by atoms with van der Waals surface area (Å²) in [4.78, 5) is 29.0. The summed E-state index contributed by atoms with van der Waals surface area (Å²) in [5, 5.41) is 9.66. The molecule has 210 valence electrons. The van der Waals surface area contributed by atoms with E-state index >= 15 is 0 Å². The van der Waals surface area contributed by atoms with Gasteiger partial charge in [0.15, 0.2) is 0 Å². The zero-order valence-corrected chi connectivity index (χ0v) is 23.7. The number of ether oxygens (including phenoxy) is 1. The highest BCUT2D eigenvalue weighted by atomic mass is 35.5. The zero-order valence-electron chi connectivity index (χ0n) is 22.9. The van der Waals surface area contributed by atoms with E-state index in [1.807, 2.05) is 99.0 Å². The first kappa shape index (κ1) is 28.0. The second-order valence-electron chi connectivity index (χ2n) is 10.3. The van der Waals surface area contributed by atoms with Crippen molar-refractivity contribution in [1.82, 2.24) is 20.3 Å². The van der Waals surface area contributed by atoms with Gasteiger partial charge in [0.05, 0.1) is 12.8 Å². The smallest absolute Gasteiger partial charge is 0.407 e. The number of halogens is 1. The lowest BCUT2D eigenvalue weighted by Gasteiger charge is -2.17. The molecule has 0 aliphatic heterocycles. The molecule has 0 saturated heterocycles. The third-order valence-corrected chi connectivity index (χ3v) is 6.97. The molecule has 5 rings (SSSR count). The first-order valence-electron chi connectivity index (χ1n) is 13.5. The second-order valence-corrected chi connectivity index (χ2v) is 10.8. The van der Waals surface area contributed by atoms with Gasteiger partial charge in [0.2, 0.25) is 0 Å². The number of aromatic nitrogens is 2. The molecule has 0 saturated carbocycles. The SMILES string of the molecule is CC(C)COC(=O)N[C@@H](Cc1c[nH]c2ccccc12)C(=O)N/N=C\c1cn(Cc2ccc(Cl)cc2)c2ccccc12. The maximum absolute atomic E-state index is 13.3. The van der Waals surface area contributed by atoms with Crippen LogP contribution in [-0.4, -0.2) is 40.4 Å². The number of hydrogen-bond donors (Lipinski definition) is 3. The molecule has 0 bridgehead atoms. The molecule has 9 heteroatoms. The summed E-state index contributed by atoms with van der Waals surface area (Å²) in [6.07, 6.45) is 5.10. The normalized spacial score (nSPS) is 12.3. The summed E-state index contributed by atoms with van der Waals surface area (Å²) in [5.41, 5.74) is 7.49. The maximum atomic E-state index is 13.3. The number of carbonyl (C=O) groups excluding carboxylic acids is 2. The van der Waals surface area contributed by atoms with Crippen molar-refractivity contribution in [1.29, 1.82) is 0 Å². The first-order valence-corrected chi connectivity index (χ1v) is 13.9. The molecule has 3 aromatic carbocycles. The van der Waals surface area contributed by atoms with Gasteiger partial charge in [-0.3, -0.25) is 4.79 Å². The van der Waals surface area contributed by atoms with Crippen LogP contribution in [0.3, 0.4) is 0 Å². The topological polar surface area (TPSA) is 101 Å². The number of H-pyrrole nitrogens is 1. The molecule has 2 aromatic heterocycles. The summed E-state index contributed by atoms with van der Waals surface area (Å²) >= 11 is 6.05. The second kappa shape index (κ2) is 12.7. The number of carbonyl (C=O) groups is 2. The van der Waals surface area contributed by atoms with Gasteiger partial charge in [-0.25, -0.2) is 10.2 Å². The largest absolute Gasteiger partial charge is 0.449 e. The lowest BCUT2D eigenvalue weighted by atomic mass is 10.0. The van der Waals surface area contributed by atoms with Crippen LogP contribution in [0.4, 0.5) is 4.79 Å². The van der Waals surface area contributed by atoms with Gasteiger partial charge >= 0.3 is 6.09 Å². The predicted octanol–water partition coefficient (Wildman–Crippen LogP) is 6.27. The summed E-state index contributed by atoms with van der Waals surface area (Å²) in [6.45, 7) is 4.81. The van der Waals surface area contributed by atoms with Crippen molar-refractivity contribution < 1.29 is 14.3 Å². The van der Waals surface area contributed by atoms with Crippen molar-refractivity contribution in [2.45, 2.75) is 32.9 Å². The highest BCUT2D eigenvalue weighted by Crippen LogP contribution is 2.22. The number of benzene rings is 3. The molecule has 1 atom stereocenters. The minimum absolute atomic E-state index is 0.174. The standard InChI is InChI=1S/C32H32ClN5O3/c1-21(2)20-41-32(40)36-29(15-23-16-34-28-9-5-3-7-26(23)28)31(39)37-35-17-24-19-38(30-10-6-4-8-27(24)30)18-22-11-13-25(33)14-12-22/h3-14,16-17,19,21,29,34H,15,18,20H2,1-2H3,(H,36,40)(H,37,39)/b35-17-/t29-/m0/s1. The summed E-state index contributed by atoms with van der Waals surface area (Å²) in [7, 11) is 0. The average Bonchev–Trinajstić information content (AvgIpc) is 3.54. The van der Waals surface area contributed by atoms with E-state index in [9.17, 15) is 9.59 Å². The lowest BCUT2D eigenvalue weighted by Crippen LogP contribution is -2.47. The lowest BCUT2D eigenvalue weighted by molar-refractivity contribution is -0.123. The van der Waals surface area contributed by atoms with Gasteiger partial charge in [-0.2, -0.15) is 5.10 Å². The molecule has 5 aromatic rings. The molecule has 0 radical (unpaired) electrons. The number of amides is 2. The Morgan fingerprint density at radius 2 is 1.76 bits per heavy atom. The number of para-hydroxylation sites is 2. The fourth-order valence-corrected chi connectivity index (χ4v) is 4.82. The summed E-state index contributed by atoms with van der Waals surface area (Å²) < 4.78 is 7.42. The Morgan fingerprint density at radius 1 is 1.02 bits per heavy atom. The number of fused-ring (bicyclic) bond motifs is 2. The van der Waals surface area contributed by atoms with Gasteiger partial charge in [0.1, 0.15) is 6.04 Å². The van der Waals surface area contributed by atoms with E-state index in [1.165, 1.54) is 0 Å². The molecule has 3 N–H and O–H groups in total. The number of hydrogen-bond acceptors (Lipinski definition) is 4. The van der Waals surface area contributed by atoms with Crippen LogP contribution >= 0.6 is 11.6 Å². The Hall–Kier alpha value is -4.56. The molecule has 41 heavy (non-hydrogen) atoms. The minimum Gasteiger partial charge on any atom is -0.449 e. The van der Waals surface area contributed by atoms with Crippen LogP contribution in [0.5, 0.6) is 0 Å². The third kappa shape index (κ3) is 6.96. The quantitative estimate of drug-likeness (QED) is 0.136. The minimum atomic E-state index is -0.891. The molecule has 0 unspecified atom stereocenters. The van der Waals surface area contributed by atoms with Crippen LogP contribution in [0.15, 0.2) is 90.3 Å². The van der Waals surface area contributed by atoms with E-state index in [0.717, 1.165) is 38.5 Å². The van der Waals surface area contributed by atoms with Crippen LogP contribution in [0, 0.1) is 5.92 Å². The molecule has 2 amide bonds. The number of nitrogens with one attached hydrogen (secondary N) is 3. The molecule has 0 spiro atoms. The Bertz CT molecular complexity index is 1690. The Balaban J connectivity index is 1.33. The van der Waals surface area contributed by atoms with Crippen molar-refractivity contribution in [3.05, 3.63) is 107 Å². The molecule has 0 aliphatic carbocycles. The Kier molecular flexibility index (Phi) is 8.70. The fraction of sp³-hybridized carbons (Fsp3) is 0.219. The predicted molar refractivity (Wildman–Crippen MR) is 163 cm³/mol. The number of alkyl carbamates (subject to hydrolysis) is 1. The van der Waals surface area contributed by atoms with Crippen molar-refractivity contribution in [2.75, 3.05) is 6.61 Å².